The van der Waals surface area contributed by atoms with Crippen LogP contribution in [0.25, 0.3) is 0 Å². The molecule has 0 saturated carbocycles. The molecule has 0 spiro atoms. The van der Waals surface area contributed by atoms with Crippen molar-refractivity contribution in [2.24, 2.45) is 0 Å². The molecule has 3 heteroatoms. The second kappa shape index (κ2) is 6.22. The number of hydrogen-bond acceptors (Lipinski definition) is 2. The van der Waals surface area contributed by atoms with E-state index in [4.69, 9.17) is 4.74 Å². The fourth-order valence-electron chi connectivity index (χ4n) is 1.73. The zero-order valence-electron chi connectivity index (χ0n) is 9.78. The number of benzene rings is 1. The topological polar surface area (TPSA) is 9.23 Å². The Hall–Kier alpha value is -0.800. The number of ether oxygens (including phenoxy) is 1. The van der Waals surface area contributed by atoms with Gasteiger partial charge < -0.3 is 4.74 Å². The number of hydrogen-bond donors (Lipinski definition) is 0. The van der Waals surface area contributed by atoms with Crippen LogP contribution in [0.3, 0.4) is 0 Å². The normalized spacial score (nSPS) is 10.5. The van der Waals surface area contributed by atoms with E-state index in [0.29, 0.717) is 0 Å². The molecule has 0 aliphatic rings. The lowest BCUT2D eigenvalue weighted by molar-refractivity contribution is 0.317. The highest BCUT2D eigenvalue weighted by Crippen LogP contribution is 2.25. The van der Waals surface area contributed by atoms with E-state index in [9.17, 15) is 0 Å². The molecule has 17 heavy (non-hydrogen) atoms. The summed E-state index contributed by atoms with van der Waals surface area (Å²) in [6.45, 7) is 2.83. The Balaban J connectivity index is 1.98. The summed E-state index contributed by atoms with van der Waals surface area (Å²) in [6.07, 6.45) is 0.972. The number of alkyl halides is 1. The number of thiophene rings is 1. The molecule has 2 aromatic rings. The van der Waals surface area contributed by atoms with Crippen molar-refractivity contribution in [3.05, 3.63) is 51.7 Å². The van der Waals surface area contributed by atoms with E-state index in [1.165, 1.54) is 16.7 Å². The van der Waals surface area contributed by atoms with Gasteiger partial charge in [-0.3, -0.25) is 0 Å². The average Bonchev–Trinajstić information content (AvgIpc) is 2.84. The molecule has 0 bridgehead atoms. The van der Waals surface area contributed by atoms with Crippen molar-refractivity contribution < 1.29 is 4.74 Å². The van der Waals surface area contributed by atoms with E-state index < -0.39 is 0 Å². The molecule has 0 radical (unpaired) electrons. The monoisotopic (exact) mass is 310 g/mol. The Bertz CT molecular complexity index is 465. The molecular weight excluding hydrogens is 296 g/mol. The van der Waals surface area contributed by atoms with Crippen LogP contribution in [0.1, 0.15) is 16.7 Å². The zero-order chi connectivity index (χ0) is 12.1. The molecule has 1 aromatic carbocycles. The molecule has 0 atom stereocenters. The summed E-state index contributed by atoms with van der Waals surface area (Å²) in [7, 11) is 0. The van der Waals surface area contributed by atoms with Crippen molar-refractivity contribution in [3.63, 3.8) is 0 Å². The molecule has 1 nitrogen and oxygen atoms in total. The molecule has 0 amide bonds. The molecule has 1 heterocycles. The van der Waals surface area contributed by atoms with Gasteiger partial charge in [0.15, 0.2) is 0 Å². The Morgan fingerprint density at radius 3 is 2.88 bits per heavy atom. The second-order valence-electron chi connectivity index (χ2n) is 3.93. The molecular formula is C14H15BrOS. The summed E-state index contributed by atoms with van der Waals surface area (Å²) in [4.78, 5) is 0. The Morgan fingerprint density at radius 2 is 2.18 bits per heavy atom. The highest BCUT2D eigenvalue weighted by molar-refractivity contribution is 9.08. The quantitative estimate of drug-likeness (QED) is 0.735. The van der Waals surface area contributed by atoms with E-state index >= 15 is 0 Å². The molecule has 0 aliphatic carbocycles. The first-order valence-corrected chi connectivity index (χ1v) is 7.66. The van der Waals surface area contributed by atoms with Gasteiger partial charge in [0.1, 0.15) is 5.75 Å². The zero-order valence-corrected chi connectivity index (χ0v) is 12.2. The summed E-state index contributed by atoms with van der Waals surface area (Å²) >= 11 is 5.23. The molecule has 2 rings (SSSR count). The average molecular weight is 311 g/mol. The minimum atomic E-state index is 0.738. The van der Waals surface area contributed by atoms with Crippen LogP contribution in [0.4, 0.5) is 0 Å². The predicted octanol–water partition coefficient (Wildman–Crippen LogP) is 4.57. The van der Waals surface area contributed by atoms with Gasteiger partial charge in [-0.15, -0.1) is 0 Å². The number of halogens is 1. The van der Waals surface area contributed by atoms with Gasteiger partial charge in [0.05, 0.1) is 6.61 Å². The Kier molecular flexibility index (Phi) is 4.63. The van der Waals surface area contributed by atoms with Crippen LogP contribution in [-0.4, -0.2) is 6.61 Å². The van der Waals surface area contributed by atoms with Crippen LogP contribution >= 0.6 is 27.3 Å². The smallest absolute Gasteiger partial charge is 0.126 e. The predicted molar refractivity (Wildman–Crippen MR) is 77.3 cm³/mol. The third kappa shape index (κ3) is 3.33. The van der Waals surface area contributed by atoms with Crippen molar-refractivity contribution in [1.82, 2.24) is 0 Å². The van der Waals surface area contributed by atoms with Gasteiger partial charge >= 0.3 is 0 Å². The molecule has 0 aliphatic heterocycles. The van der Waals surface area contributed by atoms with Gasteiger partial charge in [-0.05, 0) is 34.9 Å². The van der Waals surface area contributed by atoms with Gasteiger partial charge in [0.25, 0.3) is 0 Å². The standard InChI is InChI=1S/C14H15BrOS/c1-11-3-2-4-13(9-15)14(11)16-7-5-12-6-8-17-10-12/h2-4,6,8,10H,5,7,9H2,1H3. The molecule has 1 aromatic heterocycles. The Labute approximate surface area is 115 Å². The van der Waals surface area contributed by atoms with Crippen LogP contribution in [-0.2, 0) is 11.8 Å². The van der Waals surface area contributed by atoms with Crippen LogP contribution in [0.15, 0.2) is 35.0 Å². The van der Waals surface area contributed by atoms with Crippen LogP contribution in [0.5, 0.6) is 5.75 Å². The van der Waals surface area contributed by atoms with Crippen LogP contribution < -0.4 is 4.74 Å². The lowest BCUT2D eigenvalue weighted by Crippen LogP contribution is -2.03. The van der Waals surface area contributed by atoms with E-state index in [0.717, 1.165) is 24.1 Å². The van der Waals surface area contributed by atoms with Crippen molar-refractivity contribution in [3.8, 4) is 5.75 Å². The van der Waals surface area contributed by atoms with Crippen molar-refractivity contribution >= 4 is 27.3 Å². The summed E-state index contributed by atoms with van der Waals surface area (Å²) in [5.41, 5.74) is 3.77. The third-order valence-corrected chi connectivity index (χ3v) is 3.99. The lowest BCUT2D eigenvalue weighted by atomic mass is 10.1. The maximum atomic E-state index is 5.91. The van der Waals surface area contributed by atoms with Crippen LogP contribution in [0.2, 0.25) is 0 Å². The highest BCUT2D eigenvalue weighted by atomic mass is 79.9. The maximum absolute atomic E-state index is 5.91. The van der Waals surface area contributed by atoms with Gasteiger partial charge in [0.2, 0.25) is 0 Å². The number of rotatable bonds is 5. The number of aryl methyl sites for hydroxylation is 1. The first-order valence-electron chi connectivity index (χ1n) is 5.59. The summed E-state index contributed by atoms with van der Waals surface area (Å²) < 4.78 is 5.91. The van der Waals surface area contributed by atoms with E-state index in [1.807, 2.05) is 0 Å². The van der Waals surface area contributed by atoms with Gasteiger partial charge in [-0.25, -0.2) is 0 Å². The first-order chi connectivity index (χ1) is 8.31. The van der Waals surface area contributed by atoms with Crippen molar-refractivity contribution in [1.29, 1.82) is 0 Å². The first kappa shape index (κ1) is 12.7. The fraction of sp³-hybridized carbons (Fsp3) is 0.286. The van der Waals surface area contributed by atoms with Gasteiger partial charge in [-0.2, -0.15) is 11.3 Å². The highest BCUT2D eigenvalue weighted by Gasteiger charge is 2.05. The summed E-state index contributed by atoms with van der Waals surface area (Å²) in [5.74, 6) is 1.03. The van der Waals surface area contributed by atoms with Gasteiger partial charge in [-0.1, -0.05) is 34.1 Å². The summed E-state index contributed by atoms with van der Waals surface area (Å²) in [6, 6.07) is 8.41. The van der Waals surface area contributed by atoms with E-state index in [1.54, 1.807) is 11.3 Å². The maximum Gasteiger partial charge on any atom is 0.126 e. The lowest BCUT2D eigenvalue weighted by Gasteiger charge is -2.12. The molecule has 0 unspecified atom stereocenters. The minimum Gasteiger partial charge on any atom is -0.493 e. The van der Waals surface area contributed by atoms with Crippen LogP contribution in [0, 0.1) is 6.92 Å². The second-order valence-corrected chi connectivity index (χ2v) is 5.27. The minimum absolute atomic E-state index is 0.738. The molecule has 0 saturated heterocycles. The van der Waals surface area contributed by atoms with Gasteiger partial charge in [0, 0.05) is 17.3 Å². The fourth-order valence-corrected chi connectivity index (χ4v) is 2.88. The number of para-hydroxylation sites is 1. The largest absolute Gasteiger partial charge is 0.493 e. The Morgan fingerprint density at radius 1 is 1.29 bits per heavy atom. The van der Waals surface area contributed by atoms with E-state index in [-0.39, 0.29) is 0 Å². The molecule has 0 fully saturated rings. The van der Waals surface area contributed by atoms with Crippen molar-refractivity contribution in [2.45, 2.75) is 18.7 Å². The SMILES string of the molecule is Cc1cccc(CBr)c1OCCc1ccsc1. The van der Waals surface area contributed by atoms with Crippen molar-refractivity contribution in [2.75, 3.05) is 6.61 Å². The molecule has 0 N–H and O–H groups in total. The molecule has 90 valence electrons. The van der Waals surface area contributed by atoms with E-state index in [2.05, 4.69) is 57.9 Å². The third-order valence-electron chi connectivity index (χ3n) is 2.65. The summed E-state index contributed by atoms with van der Waals surface area (Å²) in [5, 5.41) is 5.11.